The van der Waals surface area contributed by atoms with Crippen LogP contribution in [0.1, 0.15) is 39.5 Å². The Bertz CT molecular complexity index is 206. The van der Waals surface area contributed by atoms with Gasteiger partial charge in [0.15, 0.2) is 0 Å². The molecule has 3 heteroatoms. The van der Waals surface area contributed by atoms with Gasteiger partial charge in [0.05, 0.1) is 0 Å². The second-order valence-electron chi connectivity index (χ2n) is 6.07. The Balaban J connectivity index is 2.29. The van der Waals surface area contributed by atoms with Gasteiger partial charge in [0.2, 0.25) is 0 Å². The summed E-state index contributed by atoms with van der Waals surface area (Å²) in [5, 5.41) is 0. The van der Waals surface area contributed by atoms with Crippen molar-refractivity contribution < 1.29 is 0 Å². The van der Waals surface area contributed by atoms with Crippen LogP contribution in [-0.4, -0.2) is 55.6 Å². The van der Waals surface area contributed by atoms with Crippen molar-refractivity contribution in [2.45, 2.75) is 51.6 Å². The first-order chi connectivity index (χ1) is 8.00. The Morgan fingerprint density at radius 3 is 2.65 bits per heavy atom. The summed E-state index contributed by atoms with van der Waals surface area (Å²) < 4.78 is 0. The average molecular weight is 241 g/mol. The highest BCUT2D eigenvalue weighted by Crippen LogP contribution is 2.15. The summed E-state index contributed by atoms with van der Waals surface area (Å²) in [5.74, 6) is 0.601. The van der Waals surface area contributed by atoms with E-state index in [0.717, 1.165) is 19.0 Å². The van der Waals surface area contributed by atoms with Crippen LogP contribution >= 0.6 is 0 Å². The van der Waals surface area contributed by atoms with Crippen LogP contribution in [0.5, 0.6) is 0 Å². The Kier molecular flexibility index (Phi) is 6.45. The van der Waals surface area contributed by atoms with Crippen molar-refractivity contribution >= 4 is 0 Å². The van der Waals surface area contributed by atoms with Crippen molar-refractivity contribution in [1.82, 2.24) is 9.80 Å². The van der Waals surface area contributed by atoms with Crippen molar-refractivity contribution in [2.75, 3.05) is 33.7 Å². The van der Waals surface area contributed by atoms with Crippen molar-refractivity contribution in [3.05, 3.63) is 0 Å². The van der Waals surface area contributed by atoms with Crippen molar-refractivity contribution in [2.24, 2.45) is 11.7 Å². The Morgan fingerprint density at radius 2 is 2.00 bits per heavy atom. The van der Waals surface area contributed by atoms with E-state index >= 15 is 0 Å². The molecule has 2 atom stereocenters. The zero-order chi connectivity index (χ0) is 12.8. The number of rotatable bonds is 5. The van der Waals surface area contributed by atoms with E-state index < -0.39 is 0 Å². The van der Waals surface area contributed by atoms with Crippen molar-refractivity contribution in [3.8, 4) is 0 Å². The van der Waals surface area contributed by atoms with Gasteiger partial charge in [-0.15, -0.1) is 0 Å². The molecular weight excluding hydrogens is 210 g/mol. The third-order valence-electron chi connectivity index (χ3n) is 4.22. The normalized spacial score (nSPS) is 25.2. The molecule has 0 spiro atoms. The lowest BCUT2D eigenvalue weighted by molar-refractivity contribution is 0.207. The van der Waals surface area contributed by atoms with E-state index in [1.54, 1.807) is 0 Å². The third kappa shape index (κ3) is 5.36. The van der Waals surface area contributed by atoms with Gasteiger partial charge in [-0.1, -0.05) is 13.8 Å². The lowest BCUT2D eigenvalue weighted by Crippen LogP contribution is -2.37. The van der Waals surface area contributed by atoms with Crippen LogP contribution in [0.3, 0.4) is 0 Å². The zero-order valence-electron chi connectivity index (χ0n) is 12.2. The molecule has 0 amide bonds. The molecule has 0 aromatic rings. The first-order valence-corrected chi connectivity index (χ1v) is 7.15. The quantitative estimate of drug-likeness (QED) is 0.796. The Hall–Kier alpha value is -0.120. The molecule has 1 aliphatic rings. The number of hydrogen-bond donors (Lipinski definition) is 1. The van der Waals surface area contributed by atoms with E-state index in [4.69, 9.17) is 5.73 Å². The molecule has 2 unspecified atom stereocenters. The minimum absolute atomic E-state index is 0.353. The molecule has 1 rings (SSSR count). The standard InChI is InChI=1S/C14H31N3/c1-12(2)14(15)8-11-17(4)13-6-5-9-16(3)10-7-13/h12-14H,5-11,15H2,1-4H3. The fraction of sp³-hybridized carbons (Fsp3) is 1.00. The summed E-state index contributed by atoms with van der Waals surface area (Å²) in [6.45, 7) is 8.07. The van der Waals surface area contributed by atoms with Crippen LogP contribution in [0.25, 0.3) is 0 Å². The number of nitrogens with zero attached hydrogens (tertiary/aromatic N) is 2. The van der Waals surface area contributed by atoms with Crippen molar-refractivity contribution in [1.29, 1.82) is 0 Å². The van der Waals surface area contributed by atoms with Gasteiger partial charge in [-0.3, -0.25) is 0 Å². The van der Waals surface area contributed by atoms with Gasteiger partial charge < -0.3 is 15.5 Å². The van der Waals surface area contributed by atoms with E-state index in [1.165, 1.54) is 32.4 Å². The summed E-state index contributed by atoms with van der Waals surface area (Å²) in [7, 11) is 4.50. The molecule has 1 fully saturated rings. The second-order valence-corrected chi connectivity index (χ2v) is 6.07. The van der Waals surface area contributed by atoms with E-state index in [9.17, 15) is 0 Å². The molecule has 0 radical (unpaired) electrons. The maximum absolute atomic E-state index is 6.11. The maximum Gasteiger partial charge on any atom is 0.0105 e. The molecule has 0 aromatic carbocycles. The molecule has 0 aromatic heterocycles. The monoisotopic (exact) mass is 241 g/mol. The van der Waals surface area contributed by atoms with Crippen LogP contribution in [0.15, 0.2) is 0 Å². The molecule has 3 nitrogen and oxygen atoms in total. The van der Waals surface area contributed by atoms with Crippen LogP contribution in [0, 0.1) is 5.92 Å². The molecule has 1 aliphatic heterocycles. The lowest BCUT2D eigenvalue weighted by Gasteiger charge is -2.28. The van der Waals surface area contributed by atoms with Crippen molar-refractivity contribution in [3.63, 3.8) is 0 Å². The van der Waals surface area contributed by atoms with Crippen LogP contribution < -0.4 is 5.73 Å². The highest BCUT2D eigenvalue weighted by molar-refractivity contribution is 4.76. The van der Waals surface area contributed by atoms with E-state index in [-0.39, 0.29) is 0 Å². The van der Waals surface area contributed by atoms with Gasteiger partial charge in [0.1, 0.15) is 0 Å². The molecule has 1 saturated heterocycles. The predicted octanol–water partition coefficient (Wildman–Crippen LogP) is 1.78. The smallest absolute Gasteiger partial charge is 0.0105 e. The number of hydrogen-bond acceptors (Lipinski definition) is 3. The molecular formula is C14H31N3. The van der Waals surface area contributed by atoms with Crippen LogP contribution in [-0.2, 0) is 0 Å². The molecule has 0 aliphatic carbocycles. The zero-order valence-corrected chi connectivity index (χ0v) is 12.2. The largest absolute Gasteiger partial charge is 0.327 e. The minimum Gasteiger partial charge on any atom is -0.327 e. The highest BCUT2D eigenvalue weighted by Gasteiger charge is 2.19. The molecule has 2 N–H and O–H groups in total. The molecule has 0 saturated carbocycles. The molecule has 102 valence electrons. The first-order valence-electron chi connectivity index (χ1n) is 7.15. The van der Waals surface area contributed by atoms with Crippen LogP contribution in [0.2, 0.25) is 0 Å². The maximum atomic E-state index is 6.11. The summed E-state index contributed by atoms with van der Waals surface area (Å²) in [6, 6.07) is 1.12. The molecule has 1 heterocycles. The van der Waals surface area contributed by atoms with Gasteiger partial charge in [-0.2, -0.15) is 0 Å². The number of likely N-dealkylation sites (tertiary alicyclic amines) is 1. The average Bonchev–Trinajstić information content (AvgIpc) is 2.50. The fourth-order valence-electron chi connectivity index (χ4n) is 2.53. The van der Waals surface area contributed by atoms with Gasteiger partial charge in [0.25, 0.3) is 0 Å². The highest BCUT2D eigenvalue weighted by atomic mass is 15.2. The summed E-state index contributed by atoms with van der Waals surface area (Å²) in [6.07, 6.45) is 5.12. The van der Waals surface area contributed by atoms with Crippen LogP contribution in [0.4, 0.5) is 0 Å². The van der Waals surface area contributed by atoms with Gasteiger partial charge in [-0.05, 0) is 65.3 Å². The van der Waals surface area contributed by atoms with Gasteiger partial charge in [-0.25, -0.2) is 0 Å². The third-order valence-corrected chi connectivity index (χ3v) is 4.22. The first kappa shape index (κ1) is 14.9. The molecule has 17 heavy (non-hydrogen) atoms. The lowest BCUT2D eigenvalue weighted by atomic mass is 10.0. The fourth-order valence-corrected chi connectivity index (χ4v) is 2.53. The minimum atomic E-state index is 0.353. The van der Waals surface area contributed by atoms with E-state index in [1.807, 2.05) is 0 Å². The number of nitrogens with two attached hydrogens (primary N) is 1. The predicted molar refractivity (Wildman–Crippen MR) is 75.2 cm³/mol. The van der Waals surface area contributed by atoms with Gasteiger partial charge in [0, 0.05) is 12.1 Å². The topological polar surface area (TPSA) is 32.5 Å². The summed E-state index contributed by atoms with van der Waals surface area (Å²) in [4.78, 5) is 4.98. The van der Waals surface area contributed by atoms with Gasteiger partial charge >= 0.3 is 0 Å². The molecule has 0 bridgehead atoms. The second kappa shape index (κ2) is 7.34. The van der Waals surface area contributed by atoms with E-state index in [2.05, 4.69) is 37.7 Å². The SMILES string of the molecule is CC(C)C(N)CCN(C)C1CCCN(C)CC1. The Labute approximate surface area is 107 Å². The summed E-state index contributed by atoms with van der Waals surface area (Å²) >= 11 is 0. The summed E-state index contributed by atoms with van der Waals surface area (Å²) in [5.41, 5.74) is 6.11. The Morgan fingerprint density at radius 1 is 1.29 bits per heavy atom. The van der Waals surface area contributed by atoms with E-state index in [0.29, 0.717) is 12.0 Å².